The van der Waals surface area contributed by atoms with Crippen molar-refractivity contribution in [2.45, 2.75) is 57.2 Å². The van der Waals surface area contributed by atoms with Gasteiger partial charge >= 0.3 is 12.3 Å². The van der Waals surface area contributed by atoms with Gasteiger partial charge in [-0.2, -0.15) is 0 Å². The zero-order chi connectivity index (χ0) is 23.2. The molecule has 0 radical (unpaired) electrons. The van der Waals surface area contributed by atoms with Crippen molar-refractivity contribution in [2.24, 2.45) is 17.3 Å². The molecule has 6 rings (SSSR count). The molecule has 4 aliphatic rings. The highest BCUT2D eigenvalue weighted by Crippen LogP contribution is 2.55. The normalized spacial score (nSPS) is 27.2. The van der Waals surface area contributed by atoms with Crippen molar-refractivity contribution in [3.05, 3.63) is 41.7 Å². The first kappa shape index (κ1) is 22.0. The molecule has 0 amide bonds. The van der Waals surface area contributed by atoms with Gasteiger partial charge in [-0.25, -0.2) is 0 Å². The van der Waals surface area contributed by atoms with E-state index in [9.17, 15) is 18.0 Å². The highest BCUT2D eigenvalue weighted by Gasteiger charge is 2.52. The third kappa shape index (κ3) is 4.15. The molecule has 0 aliphatic heterocycles. The molecule has 2 aromatic rings. The Balaban J connectivity index is 1.53. The molecule has 4 saturated carbocycles. The maximum Gasteiger partial charge on any atom is 0.573 e. The van der Waals surface area contributed by atoms with E-state index >= 15 is 0 Å². The van der Waals surface area contributed by atoms with Crippen LogP contribution in [0.1, 0.15) is 62.2 Å². The van der Waals surface area contributed by atoms with Crippen molar-refractivity contribution in [2.75, 3.05) is 7.11 Å². The van der Waals surface area contributed by atoms with E-state index in [1.165, 1.54) is 19.2 Å². The van der Waals surface area contributed by atoms with E-state index in [1.54, 1.807) is 12.1 Å². The van der Waals surface area contributed by atoms with E-state index in [1.807, 2.05) is 12.2 Å². The summed E-state index contributed by atoms with van der Waals surface area (Å²) >= 11 is 0. The molecular formula is C25H26F3NO4. The SMILES string of the molecule is COC(=O)C12CCC(CC1)CC2C=Cc1c(-c2ccccc2OC(F)(F)F)noc1C1CC1. The number of hydrogen-bond donors (Lipinski definition) is 0. The molecule has 4 aliphatic carbocycles. The standard InChI is InChI=1S/C25H26F3NO4/c1-31-23(30)24-12-10-15(11-13-24)14-17(24)8-9-19-21(29-33-22(19)16-6-7-16)18-4-2-3-5-20(18)32-25(26,27)28/h2-5,8-9,15-17H,6-7,10-14H2,1H3. The molecule has 176 valence electrons. The predicted molar refractivity (Wildman–Crippen MR) is 114 cm³/mol. The van der Waals surface area contributed by atoms with Crippen LogP contribution in [0, 0.1) is 17.3 Å². The lowest BCUT2D eigenvalue weighted by molar-refractivity contribution is -0.274. The monoisotopic (exact) mass is 461 g/mol. The third-order valence-electron chi connectivity index (χ3n) is 7.45. The number of halogens is 3. The first-order valence-corrected chi connectivity index (χ1v) is 11.4. The molecular weight excluding hydrogens is 435 g/mol. The van der Waals surface area contributed by atoms with Crippen molar-refractivity contribution in [1.82, 2.24) is 5.16 Å². The van der Waals surface area contributed by atoms with Crippen LogP contribution in [0.15, 0.2) is 34.9 Å². The first-order chi connectivity index (χ1) is 15.8. The molecule has 1 aromatic heterocycles. The van der Waals surface area contributed by atoms with Crippen molar-refractivity contribution < 1.29 is 32.0 Å². The maximum absolute atomic E-state index is 13.0. The fourth-order valence-electron chi connectivity index (χ4n) is 5.60. The maximum atomic E-state index is 13.0. The fourth-order valence-corrected chi connectivity index (χ4v) is 5.60. The number of fused-ring (bicyclic) bond motifs is 3. The lowest BCUT2D eigenvalue weighted by Gasteiger charge is -2.49. The summed E-state index contributed by atoms with van der Waals surface area (Å²) in [5.74, 6) is 0.978. The van der Waals surface area contributed by atoms with Gasteiger partial charge in [-0.3, -0.25) is 4.79 Å². The molecule has 1 unspecified atom stereocenters. The van der Waals surface area contributed by atoms with E-state index in [0.717, 1.165) is 44.9 Å². The van der Waals surface area contributed by atoms with Crippen LogP contribution in [0.25, 0.3) is 17.3 Å². The summed E-state index contributed by atoms with van der Waals surface area (Å²) < 4.78 is 54.0. The summed E-state index contributed by atoms with van der Waals surface area (Å²) in [6, 6.07) is 5.95. The molecule has 0 N–H and O–H groups in total. The Kier molecular flexibility index (Phi) is 5.49. The molecule has 33 heavy (non-hydrogen) atoms. The Morgan fingerprint density at radius 3 is 2.58 bits per heavy atom. The van der Waals surface area contributed by atoms with Gasteiger partial charge < -0.3 is 14.0 Å². The Hall–Kier alpha value is -2.77. The molecule has 0 spiro atoms. The number of aromatic nitrogens is 1. The zero-order valence-corrected chi connectivity index (χ0v) is 18.4. The second-order valence-corrected chi connectivity index (χ2v) is 9.42. The number of esters is 1. The largest absolute Gasteiger partial charge is 0.573 e. The molecule has 2 bridgehead atoms. The van der Waals surface area contributed by atoms with Gasteiger partial charge in [0.2, 0.25) is 0 Å². The fraction of sp³-hybridized carbons (Fsp3) is 0.520. The third-order valence-corrected chi connectivity index (χ3v) is 7.45. The van der Waals surface area contributed by atoms with Crippen molar-refractivity contribution in [3.8, 4) is 17.0 Å². The van der Waals surface area contributed by atoms with E-state index in [-0.39, 0.29) is 29.1 Å². The summed E-state index contributed by atoms with van der Waals surface area (Å²) in [4.78, 5) is 12.8. The van der Waals surface area contributed by atoms with Gasteiger partial charge in [0.1, 0.15) is 17.2 Å². The van der Waals surface area contributed by atoms with Gasteiger partial charge in [0, 0.05) is 17.0 Å². The number of rotatable bonds is 6. The van der Waals surface area contributed by atoms with E-state index in [2.05, 4.69) is 9.89 Å². The quantitative estimate of drug-likeness (QED) is 0.460. The van der Waals surface area contributed by atoms with Crippen LogP contribution in [0.3, 0.4) is 0 Å². The Morgan fingerprint density at radius 2 is 1.91 bits per heavy atom. The highest BCUT2D eigenvalue weighted by molar-refractivity contribution is 5.80. The van der Waals surface area contributed by atoms with Crippen LogP contribution in [0.4, 0.5) is 13.2 Å². The second kappa shape index (κ2) is 8.22. The number of alkyl halides is 3. The van der Waals surface area contributed by atoms with Gasteiger partial charge in [0.15, 0.2) is 0 Å². The number of carbonyl (C=O) groups excluding carboxylic acids is 1. The topological polar surface area (TPSA) is 61.6 Å². The Bertz CT molecular complexity index is 1060. The van der Waals surface area contributed by atoms with E-state index in [0.29, 0.717) is 22.9 Å². The smallest absolute Gasteiger partial charge is 0.469 e. The van der Waals surface area contributed by atoms with Crippen LogP contribution in [-0.2, 0) is 9.53 Å². The Morgan fingerprint density at radius 1 is 1.18 bits per heavy atom. The van der Waals surface area contributed by atoms with Gasteiger partial charge in [0.05, 0.1) is 12.5 Å². The average molecular weight is 461 g/mol. The van der Waals surface area contributed by atoms with Crippen molar-refractivity contribution in [3.63, 3.8) is 0 Å². The van der Waals surface area contributed by atoms with Gasteiger partial charge in [-0.1, -0.05) is 29.4 Å². The lowest BCUT2D eigenvalue weighted by atomic mass is 9.55. The lowest BCUT2D eigenvalue weighted by Crippen LogP contribution is -2.47. The highest BCUT2D eigenvalue weighted by atomic mass is 19.4. The minimum atomic E-state index is -4.82. The first-order valence-electron chi connectivity index (χ1n) is 11.4. The summed E-state index contributed by atoms with van der Waals surface area (Å²) in [5.41, 5.74) is 0.671. The second-order valence-electron chi connectivity index (χ2n) is 9.42. The van der Waals surface area contributed by atoms with E-state index < -0.39 is 11.8 Å². The molecule has 8 heteroatoms. The molecule has 1 heterocycles. The van der Waals surface area contributed by atoms with E-state index in [4.69, 9.17) is 9.26 Å². The van der Waals surface area contributed by atoms with Crippen LogP contribution in [0.5, 0.6) is 5.75 Å². The molecule has 0 saturated heterocycles. The summed E-state index contributed by atoms with van der Waals surface area (Å²) in [5, 5.41) is 4.15. The number of para-hydroxylation sites is 1. The van der Waals surface area contributed by atoms with Gasteiger partial charge in [-0.05, 0) is 68.9 Å². The number of ether oxygens (including phenoxy) is 2. The number of methoxy groups -OCH3 is 1. The summed E-state index contributed by atoms with van der Waals surface area (Å²) in [7, 11) is 1.43. The number of benzene rings is 1. The van der Waals surface area contributed by atoms with Crippen LogP contribution >= 0.6 is 0 Å². The number of carbonyl (C=O) groups is 1. The number of hydrogen-bond acceptors (Lipinski definition) is 5. The number of allylic oxidation sites excluding steroid dienone is 1. The molecule has 4 fully saturated rings. The van der Waals surface area contributed by atoms with Crippen LogP contribution < -0.4 is 4.74 Å². The summed E-state index contributed by atoms with van der Waals surface area (Å²) in [6.45, 7) is 0. The van der Waals surface area contributed by atoms with Crippen LogP contribution in [0.2, 0.25) is 0 Å². The Labute approximate surface area is 189 Å². The van der Waals surface area contributed by atoms with Crippen molar-refractivity contribution in [1.29, 1.82) is 0 Å². The van der Waals surface area contributed by atoms with Gasteiger partial charge in [-0.15, -0.1) is 13.2 Å². The number of nitrogens with zero attached hydrogens (tertiary/aromatic N) is 1. The van der Waals surface area contributed by atoms with Gasteiger partial charge in [0.25, 0.3) is 0 Å². The minimum absolute atomic E-state index is 0.00826. The molecule has 5 nitrogen and oxygen atoms in total. The van der Waals surface area contributed by atoms with Crippen molar-refractivity contribution >= 4 is 12.0 Å². The summed E-state index contributed by atoms with van der Waals surface area (Å²) in [6.07, 6.45) is 5.54. The predicted octanol–water partition coefficient (Wildman–Crippen LogP) is 6.50. The zero-order valence-electron chi connectivity index (χ0n) is 18.4. The molecule has 1 atom stereocenters. The molecule has 1 aromatic carbocycles. The average Bonchev–Trinajstić information content (AvgIpc) is 3.56. The minimum Gasteiger partial charge on any atom is -0.469 e. The van der Waals surface area contributed by atoms with Crippen LogP contribution in [-0.4, -0.2) is 24.6 Å².